The third-order valence-corrected chi connectivity index (χ3v) is 5.16. The van der Waals surface area contributed by atoms with Gasteiger partial charge in [-0.15, -0.1) is 0 Å². The van der Waals surface area contributed by atoms with Gasteiger partial charge >= 0.3 is 0 Å². The molecule has 3 rings (SSSR count). The van der Waals surface area contributed by atoms with Crippen LogP contribution in [0.1, 0.15) is 78.3 Å². The molecule has 0 atom stereocenters. The first-order valence-electron chi connectivity index (χ1n) is 9.97. The lowest BCUT2D eigenvalue weighted by Crippen LogP contribution is -2.41. The molecule has 0 bridgehead atoms. The van der Waals surface area contributed by atoms with Crippen molar-refractivity contribution in [2.75, 3.05) is 0 Å². The van der Waals surface area contributed by atoms with Crippen molar-refractivity contribution in [3.63, 3.8) is 0 Å². The van der Waals surface area contributed by atoms with E-state index in [0.29, 0.717) is 5.52 Å². The lowest BCUT2D eigenvalue weighted by molar-refractivity contribution is -0.122. The van der Waals surface area contributed by atoms with Gasteiger partial charge in [-0.25, -0.2) is 4.68 Å². The normalized spacial score (nSPS) is 16.2. The second-order valence-corrected chi connectivity index (χ2v) is 8.89. The summed E-state index contributed by atoms with van der Waals surface area (Å²) in [5.74, 6) is -0.0224. The Kier molecular flexibility index (Phi) is 5.40. The van der Waals surface area contributed by atoms with Gasteiger partial charge in [0.05, 0.1) is 17.4 Å². The van der Waals surface area contributed by atoms with Crippen LogP contribution in [-0.2, 0) is 16.9 Å². The molecule has 1 N–H and O–H groups in total. The van der Waals surface area contributed by atoms with Gasteiger partial charge < -0.3 is 5.32 Å². The van der Waals surface area contributed by atoms with Crippen molar-refractivity contribution in [2.45, 2.75) is 90.8 Å². The third-order valence-electron chi connectivity index (χ3n) is 5.16. The number of carbonyl (C=O) groups excluding carboxylic acids is 1. The summed E-state index contributed by atoms with van der Waals surface area (Å²) in [4.78, 5) is 25.7. The fourth-order valence-electron chi connectivity index (χ4n) is 3.79. The monoisotopic (exact) mass is 373 g/mol. The van der Waals surface area contributed by atoms with Crippen molar-refractivity contribution in [2.24, 2.45) is 0 Å². The zero-order valence-corrected chi connectivity index (χ0v) is 17.1. The van der Waals surface area contributed by atoms with E-state index in [2.05, 4.69) is 15.5 Å². The summed E-state index contributed by atoms with van der Waals surface area (Å²) < 4.78 is 3.05. The van der Waals surface area contributed by atoms with E-state index >= 15 is 0 Å². The van der Waals surface area contributed by atoms with Gasteiger partial charge in [0.1, 0.15) is 12.1 Å². The fourth-order valence-corrected chi connectivity index (χ4v) is 3.79. The van der Waals surface area contributed by atoms with E-state index in [0.717, 1.165) is 36.8 Å². The minimum Gasteiger partial charge on any atom is -0.352 e. The van der Waals surface area contributed by atoms with Gasteiger partial charge in [0.2, 0.25) is 5.91 Å². The average Bonchev–Trinajstić information content (AvgIpc) is 3.03. The van der Waals surface area contributed by atoms with E-state index in [9.17, 15) is 9.59 Å². The maximum Gasteiger partial charge on any atom is 0.293 e. The SMILES string of the molecule is CC(C)c1nn(CC(=O)NC2CCCCC2)c(=O)c2c1cnn2C(C)(C)C. The summed E-state index contributed by atoms with van der Waals surface area (Å²) in [6, 6.07) is 0.218. The summed E-state index contributed by atoms with van der Waals surface area (Å²) in [5.41, 5.74) is 0.719. The first-order valence-corrected chi connectivity index (χ1v) is 9.97. The van der Waals surface area contributed by atoms with Crippen LogP contribution in [0, 0.1) is 0 Å². The Hall–Kier alpha value is -2.18. The first kappa shape index (κ1) is 19.6. The van der Waals surface area contributed by atoms with E-state index in [1.54, 1.807) is 10.9 Å². The zero-order valence-electron chi connectivity index (χ0n) is 17.1. The van der Waals surface area contributed by atoms with Gasteiger partial charge in [0.15, 0.2) is 0 Å². The molecule has 2 heterocycles. The Morgan fingerprint density at radius 3 is 2.52 bits per heavy atom. The number of nitrogens with one attached hydrogen (secondary N) is 1. The number of rotatable bonds is 4. The number of hydrogen-bond donors (Lipinski definition) is 1. The molecule has 1 fully saturated rings. The van der Waals surface area contributed by atoms with Crippen LogP contribution >= 0.6 is 0 Å². The highest BCUT2D eigenvalue weighted by Gasteiger charge is 2.24. The van der Waals surface area contributed by atoms with Gasteiger partial charge in [0.25, 0.3) is 5.56 Å². The van der Waals surface area contributed by atoms with Crippen LogP contribution in [0.15, 0.2) is 11.0 Å². The van der Waals surface area contributed by atoms with Crippen LogP contribution in [-0.4, -0.2) is 31.5 Å². The van der Waals surface area contributed by atoms with Gasteiger partial charge in [-0.3, -0.25) is 14.3 Å². The molecule has 0 unspecified atom stereocenters. The van der Waals surface area contributed by atoms with Crippen LogP contribution in [0.5, 0.6) is 0 Å². The molecule has 1 amide bonds. The smallest absolute Gasteiger partial charge is 0.293 e. The van der Waals surface area contributed by atoms with Crippen molar-refractivity contribution >= 4 is 16.8 Å². The minimum atomic E-state index is -0.335. The van der Waals surface area contributed by atoms with Crippen LogP contribution in [0.25, 0.3) is 10.9 Å². The molecule has 0 aliphatic heterocycles. The summed E-state index contributed by atoms with van der Waals surface area (Å²) in [7, 11) is 0. The average molecular weight is 374 g/mol. The molecule has 27 heavy (non-hydrogen) atoms. The predicted octanol–water partition coefficient (Wildman–Crippen LogP) is 2.92. The van der Waals surface area contributed by atoms with E-state index in [1.807, 2.05) is 34.6 Å². The molecule has 148 valence electrons. The van der Waals surface area contributed by atoms with Gasteiger partial charge in [-0.05, 0) is 39.5 Å². The van der Waals surface area contributed by atoms with E-state index in [-0.39, 0.29) is 35.5 Å². The number of amides is 1. The summed E-state index contributed by atoms with van der Waals surface area (Å²) in [6.45, 7) is 10.0. The Morgan fingerprint density at radius 2 is 1.93 bits per heavy atom. The van der Waals surface area contributed by atoms with E-state index in [4.69, 9.17) is 0 Å². The fraction of sp³-hybridized carbons (Fsp3) is 0.700. The van der Waals surface area contributed by atoms with Crippen LogP contribution in [0.3, 0.4) is 0 Å². The Morgan fingerprint density at radius 1 is 1.26 bits per heavy atom. The second-order valence-electron chi connectivity index (χ2n) is 8.89. The molecule has 7 nitrogen and oxygen atoms in total. The van der Waals surface area contributed by atoms with Gasteiger partial charge in [-0.1, -0.05) is 33.1 Å². The maximum absolute atomic E-state index is 13.1. The predicted molar refractivity (Wildman–Crippen MR) is 106 cm³/mol. The molecular weight excluding hydrogens is 342 g/mol. The molecule has 1 aliphatic rings. The first-order chi connectivity index (χ1) is 12.7. The molecule has 0 spiro atoms. The highest BCUT2D eigenvalue weighted by molar-refractivity contribution is 5.81. The number of nitrogens with zero attached hydrogens (tertiary/aromatic N) is 4. The van der Waals surface area contributed by atoms with Crippen molar-refractivity contribution in [1.29, 1.82) is 0 Å². The molecule has 1 saturated carbocycles. The van der Waals surface area contributed by atoms with Crippen LogP contribution in [0.2, 0.25) is 0 Å². The highest BCUT2D eigenvalue weighted by Crippen LogP contribution is 2.24. The van der Waals surface area contributed by atoms with Crippen molar-refractivity contribution < 1.29 is 4.79 Å². The Balaban J connectivity index is 1.98. The molecule has 0 aromatic carbocycles. The minimum absolute atomic E-state index is 0.0552. The second kappa shape index (κ2) is 7.44. The highest BCUT2D eigenvalue weighted by atomic mass is 16.2. The molecule has 1 aliphatic carbocycles. The molecule has 2 aromatic heterocycles. The van der Waals surface area contributed by atoms with Gasteiger partial charge in [0, 0.05) is 11.4 Å². The largest absolute Gasteiger partial charge is 0.352 e. The molecule has 0 radical (unpaired) electrons. The summed E-state index contributed by atoms with van der Waals surface area (Å²) in [6.07, 6.45) is 7.28. The maximum atomic E-state index is 13.1. The van der Waals surface area contributed by atoms with Crippen LogP contribution < -0.4 is 10.9 Å². The zero-order chi connectivity index (χ0) is 19.8. The Bertz CT molecular complexity index is 882. The van der Waals surface area contributed by atoms with Crippen LogP contribution in [0.4, 0.5) is 0 Å². The molecular formula is C20H31N5O2. The van der Waals surface area contributed by atoms with Gasteiger partial charge in [-0.2, -0.15) is 10.2 Å². The third kappa shape index (κ3) is 4.06. The summed E-state index contributed by atoms with van der Waals surface area (Å²) >= 11 is 0. The quantitative estimate of drug-likeness (QED) is 0.893. The number of fused-ring (bicyclic) bond motifs is 1. The van der Waals surface area contributed by atoms with E-state index in [1.165, 1.54) is 11.1 Å². The van der Waals surface area contributed by atoms with Crippen molar-refractivity contribution in [3.05, 3.63) is 22.2 Å². The number of carbonyl (C=O) groups is 1. The molecule has 0 saturated heterocycles. The number of aromatic nitrogens is 4. The Labute approximate surface area is 160 Å². The lowest BCUT2D eigenvalue weighted by Gasteiger charge is -2.23. The van der Waals surface area contributed by atoms with Crippen molar-refractivity contribution in [1.82, 2.24) is 24.9 Å². The molecule has 7 heteroatoms. The summed E-state index contributed by atoms with van der Waals surface area (Å²) in [5, 5.41) is 12.8. The standard InChI is InChI=1S/C20H31N5O2/c1-13(2)17-15-11-21-25(20(3,4)5)18(15)19(27)24(23-17)12-16(26)22-14-9-7-6-8-10-14/h11,13-14H,6-10,12H2,1-5H3,(H,22,26). The topological polar surface area (TPSA) is 81.8 Å². The van der Waals surface area contributed by atoms with Crippen molar-refractivity contribution in [3.8, 4) is 0 Å². The molecule has 2 aromatic rings. The van der Waals surface area contributed by atoms with E-state index < -0.39 is 0 Å². The lowest BCUT2D eigenvalue weighted by atomic mass is 9.95. The number of hydrogen-bond acceptors (Lipinski definition) is 4.